The number of nitrogens with one attached hydrogen (secondary N) is 1. The highest BCUT2D eigenvalue weighted by atomic mass is 32.1. The first-order chi connectivity index (χ1) is 7.74. The quantitative estimate of drug-likeness (QED) is 0.564. The molecule has 0 aliphatic heterocycles. The van der Waals surface area contributed by atoms with Gasteiger partial charge in [0.2, 0.25) is 0 Å². The van der Waals surface area contributed by atoms with E-state index in [1.165, 1.54) is 0 Å². The lowest BCUT2D eigenvalue weighted by Gasteiger charge is -2.07. The molecule has 16 heavy (non-hydrogen) atoms. The van der Waals surface area contributed by atoms with E-state index in [0.29, 0.717) is 4.99 Å². The molecule has 1 aromatic carbocycles. The molecule has 88 valence electrons. The van der Waals surface area contributed by atoms with E-state index < -0.39 is 0 Å². The van der Waals surface area contributed by atoms with Gasteiger partial charge in [0.1, 0.15) is 4.99 Å². The minimum Gasteiger partial charge on any atom is -0.389 e. The first-order valence-electron chi connectivity index (χ1n) is 5.45. The molecule has 0 radical (unpaired) electrons. The van der Waals surface area contributed by atoms with Gasteiger partial charge in [0.15, 0.2) is 0 Å². The van der Waals surface area contributed by atoms with Gasteiger partial charge in [0.05, 0.1) is 0 Å². The van der Waals surface area contributed by atoms with Gasteiger partial charge >= 0.3 is 0 Å². The van der Waals surface area contributed by atoms with Crippen molar-refractivity contribution >= 4 is 22.9 Å². The fourth-order valence-corrected chi connectivity index (χ4v) is 1.44. The molecule has 0 aliphatic rings. The predicted octanol–water partition coefficient (Wildman–Crippen LogP) is 2.16. The van der Waals surface area contributed by atoms with Gasteiger partial charge in [-0.1, -0.05) is 12.2 Å². The van der Waals surface area contributed by atoms with Gasteiger partial charge in [-0.15, -0.1) is 0 Å². The number of rotatable bonds is 7. The Bertz CT molecular complexity index is 324. The second kappa shape index (κ2) is 7.19. The van der Waals surface area contributed by atoms with Crippen LogP contribution in [0.15, 0.2) is 24.3 Å². The molecule has 4 heteroatoms. The predicted molar refractivity (Wildman–Crippen MR) is 71.9 cm³/mol. The molecule has 0 saturated carbocycles. The van der Waals surface area contributed by atoms with E-state index in [4.69, 9.17) is 22.7 Å². The largest absolute Gasteiger partial charge is 0.389 e. The molecule has 0 unspecified atom stereocenters. The van der Waals surface area contributed by atoms with Gasteiger partial charge in [-0.3, -0.25) is 0 Å². The third-order valence-electron chi connectivity index (χ3n) is 2.17. The zero-order valence-electron chi connectivity index (χ0n) is 9.53. The standard InChI is InChI=1S/C12H18N2OS/c1-2-15-9-3-8-14-11-6-4-10(5-7-11)12(13)16/h4-7,14H,2-3,8-9H2,1H3,(H2,13,16). The highest BCUT2D eigenvalue weighted by Crippen LogP contribution is 2.09. The van der Waals surface area contributed by atoms with Gasteiger partial charge < -0.3 is 15.8 Å². The van der Waals surface area contributed by atoms with E-state index in [-0.39, 0.29) is 0 Å². The van der Waals surface area contributed by atoms with E-state index in [1.54, 1.807) is 0 Å². The van der Waals surface area contributed by atoms with E-state index >= 15 is 0 Å². The number of thiocarbonyl (C=S) groups is 1. The number of hydrogen-bond donors (Lipinski definition) is 2. The molecule has 3 nitrogen and oxygen atoms in total. The van der Waals surface area contributed by atoms with Crippen LogP contribution in [0.4, 0.5) is 5.69 Å². The lowest BCUT2D eigenvalue weighted by Crippen LogP contribution is -2.09. The van der Waals surface area contributed by atoms with Gasteiger partial charge in [-0.2, -0.15) is 0 Å². The maximum atomic E-state index is 5.51. The lowest BCUT2D eigenvalue weighted by atomic mass is 10.2. The fraction of sp³-hybridized carbons (Fsp3) is 0.417. The molecular formula is C12H18N2OS. The Morgan fingerprint density at radius 3 is 2.62 bits per heavy atom. The summed E-state index contributed by atoms with van der Waals surface area (Å²) in [5.74, 6) is 0. The second-order valence-electron chi connectivity index (χ2n) is 3.42. The average Bonchev–Trinajstić information content (AvgIpc) is 2.29. The number of anilines is 1. The summed E-state index contributed by atoms with van der Waals surface area (Å²) in [7, 11) is 0. The van der Waals surface area contributed by atoms with Crippen molar-refractivity contribution in [2.45, 2.75) is 13.3 Å². The Labute approximate surface area is 102 Å². The van der Waals surface area contributed by atoms with E-state index in [9.17, 15) is 0 Å². The summed E-state index contributed by atoms with van der Waals surface area (Å²) in [6.45, 7) is 4.49. The maximum absolute atomic E-state index is 5.51. The van der Waals surface area contributed by atoms with Crippen LogP contribution >= 0.6 is 12.2 Å². The molecule has 0 saturated heterocycles. The molecule has 0 amide bonds. The number of hydrogen-bond acceptors (Lipinski definition) is 3. The summed E-state index contributed by atoms with van der Waals surface area (Å²) >= 11 is 4.88. The Morgan fingerprint density at radius 1 is 1.38 bits per heavy atom. The zero-order chi connectivity index (χ0) is 11.8. The summed E-state index contributed by atoms with van der Waals surface area (Å²) in [4.78, 5) is 0.433. The van der Waals surface area contributed by atoms with Crippen molar-refractivity contribution < 1.29 is 4.74 Å². The average molecular weight is 238 g/mol. The zero-order valence-corrected chi connectivity index (χ0v) is 10.3. The molecule has 0 aromatic heterocycles. The Hall–Kier alpha value is -1.13. The topological polar surface area (TPSA) is 47.3 Å². The summed E-state index contributed by atoms with van der Waals surface area (Å²) in [6, 6.07) is 7.81. The summed E-state index contributed by atoms with van der Waals surface area (Å²) in [5.41, 5.74) is 7.49. The molecule has 0 atom stereocenters. The molecule has 0 spiro atoms. The van der Waals surface area contributed by atoms with Crippen molar-refractivity contribution in [3.63, 3.8) is 0 Å². The third-order valence-corrected chi connectivity index (χ3v) is 2.40. The molecule has 3 N–H and O–H groups in total. The van der Waals surface area contributed by atoms with Crippen LogP contribution in [0.5, 0.6) is 0 Å². The minimum absolute atomic E-state index is 0.433. The number of nitrogens with two attached hydrogens (primary N) is 1. The molecule has 1 rings (SSSR count). The summed E-state index contributed by atoms with van der Waals surface area (Å²) in [6.07, 6.45) is 1.00. The van der Waals surface area contributed by atoms with E-state index in [2.05, 4.69) is 5.32 Å². The minimum atomic E-state index is 0.433. The molecule has 0 heterocycles. The van der Waals surface area contributed by atoms with Crippen molar-refractivity contribution in [2.75, 3.05) is 25.1 Å². The fourth-order valence-electron chi connectivity index (χ4n) is 1.30. The summed E-state index contributed by atoms with van der Waals surface area (Å²) < 4.78 is 5.25. The van der Waals surface area contributed by atoms with Crippen LogP contribution in [-0.4, -0.2) is 24.7 Å². The van der Waals surface area contributed by atoms with Crippen LogP contribution in [0.3, 0.4) is 0 Å². The maximum Gasteiger partial charge on any atom is 0.103 e. The van der Waals surface area contributed by atoms with Gasteiger partial charge in [-0.05, 0) is 37.6 Å². The molecule has 1 aromatic rings. The van der Waals surface area contributed by atoms with E-state index in [1.807, 2.05) is 31.2 Å². The van der Waals surface area contributed by atoms with Crippen LogP contribution in [0.25, 0.3) is 0 Å². The smallest absolute Gasteiger partial charge is 0.103 e. The van der Waals surface area contributed by atoms with Gasteiger partial charge in [0.25, 0.3) is 0 Å². The van der Waals surface area contributed by atoms with E-state index in [0.717, 1.165) is 37.4 Å². The molecule has 0 aliphatic carbocycles. The van der Waals surface area contributed by atoms with Crippen LogP contribution in [-0.2, 0) is 4.74 Å². The summed E-state index contributed by atoms with van der Waals surface area (Å²) in [5, 5.41) is 3.31. The van der Waals surface area contributed by atoms with Crippen LogP contribution in [0, 0.1) is 0 Å². The van der Waals surface area contributed by atoms with Gasteiger partial charge in [-0.25, -0.2) is 0 Å². The first-order valence-corrected chi connectivity index (χ1v) is 5.86. The molecule has 0 bridgehead atoms. The van der Waals surface area contributed by atoms with Gasteiger partial charge in [0, 0.05) is 31.0 Å². The Kier molecular flexibility index (Phi) is 5.82. The Morgan fingerprint density at radius 2 is 2.06 bits per heavy atom. The van der Waals surface area contributed by atoms with Crippen molar-refractivity contribution in [1.82, 2.24) is 0 Å². The number of ether oxygens (including phenoxy) is 1. The SMILES string of the molecule is CCOCCCNc1ccc(C(N)=S)cc1. The lowest BCUT2D eigenvalue weighted by molar-refractivity contribution is 0.147. The first kappa shape index (κ1) is 12.9. The highest BCUT2D eigenvalue weighted by molar-refractivity contribution is 7.80. The van der Waals surface area contributed by atoms with Crippen molar-refractivity contribution in [1.29, 1.82) is 0 Å². The van der Waals surface area contributed by atoms with Crippen molar-refractivity contribution in [3.05, 3.63) is 29.8 Å². The molecule has 0 fully saturated rings. The monoisotopic (exact) mass is 238 g/mol. The van der Waals surface area contributed by atoms with Crippen LogP contribution in [0.1, 0.15) is 18.9 Å². The molecular weight excluding hydrogens is 220 g/mol. The normalized spacial score (nSPS) is 10.1. The van der Waals surface area contributed by atoms with Crippen molar-refractivity contribution in [3.8, 4) is 0 Å². The second-order valence-corrected chi connectivity index (χ2v) is 3.86. The van der Waals surface area contributed by atoms with Crippen LogP contribution < -0.4 is 11.1 Å². The third kappa shape index (κ3) is 4.59. The Balaban J connectivity index is 2.29. The van der Waals surface area contributed by atoms with Crippen LogP contribution in [0.2, 0.25) is 0 Å². The number of benzene rings is 1. The van der Waals surface area contributed by atoms with Crippen molar-refractivity contribution in [2.24, 2.45) is 5.73 Å². The highest BCUT2D eigenvalue weighted by Gasteiger charge is 1.96.